The molecule has 1 aliphatic rings. The Morgan fingerprint density at radius 2 is 1.88 bits per heavy atom. The Kier molecular flexibility index (Phi) is 5.72. The van der Waals surface area contributed by atoms with E-state index in [9.17, 15) is 4.79 Å². The molecule has 0 radical (unpaired) electrons. The predicted octanol–water partition coefficient (Wildman–Crippen LogP) is 7.14. The summed E-state index contributed by atoms with van der Waals surface area (Å²) < 4.78 is 12.4. The Bertz CT molecular complexity index is 1310. The molecule has 4 aromatic rings. The monoisotopic (exact) mass is 483 g/mol. The lowest BCUT2D eigenvalue weighted by atomic mass is 10.0. The van der Waals surface area contributed by atoms with Gasteiger partial charge in [0.2, 0.25) is 0 Å². The molecule has 2 heterocycles. The maximum absolute atomic E-state index is 13.4. The molecule has 7 heteroatoms. The van der Waals surface area contributed by atoms with Crippen LogP contribution in [0.2, 0.25) is 10.0 Å². The second kappa shape index (κ2) is 8.66. The first-order valence-electron chi connectivity index (χ1n) is 10.1. The number of carbonyl (C=O) groups is 1. The van der Waals surface area contributed by atoms with Crippen molar-refractivity contribution in [3.05, 3.63) is 81.1 Å². The molecule has 3 aromatic carbocycles. The van der Waals surface area contributed by atoms with Crippen LogP contribution in [0, 0.1) is 0 Å². The molecule has 162 valence electrons. The Labute approximate surface area is 199 Å². The number of thiophene rings is 1. The van der Waals surface area contributed by atoms with Gasteiger partial charge in [-0.25, -0.2) is 0 Å². The minimum atomic E-state index is -0.167. The van der Waals surface area contributed by atoms with E-state index < -0.39 is 0 Å². The van der Waals surface area contributed by atoms with Gasteiger partial charge in [-0.3, -0.25) is 4.79 Å². The molecular formula is C25H19Cl2NO3S. The van der Waals surface area contributed by atoms with E-state index in [1.165, 1.54) is 11.3 Å². The Morgan fingerprint density at radius 3 is 2.66 bits per heavy atom. The van der Waals surface area contributed by atoms with Crippen molar-refractivity contribution in [3.63, 3.8) is 0 Å². The minimum Gasteiger partial charge on any atom is -0.494 e. The molecule has 1 atom stereocenters. The van der Waals surface area contributed by atoms with Crippen molar-refractivity contribution in [2.45, 2.75) is 12.5 Å². The highest BCUT2D eigenvalue weighted by atomic mass is 35.5. The predicted molar refractivity (Wildman–Crippen MR) is 131 cm³/mol. The number of ether oxygens (including phenoxy) is 2. The van der Waals surface area contributed by atoms with E-state index in [1.54, 1.807) is 13.2 Å². The number of para-hydroxylation sites is 1. The standard InChI is InChI=1S/C25H19Cl2NO3S/c1-30-22-19-7-4-6-17(14-11-15(26)13-16(27)12-14)23(19)32-24(22)25(29)28-20-9-10-31-21-8-3-2-5-18(20)21/h2-8,11-13,20H,9-10H2,1H3,(H,28,29)/t20-/m0/s1. The van der Waals surface area contributed by atoms with Crippen LogP contribution in [-0.2, 0) is 0 Å². The maximum atomic E-state index is 13.4. The van der Waals surface area contributed by atoms with Crippen LogP contribution in [0.3, 0.4) is 0 Å². The van der Waals surface area contributed by atoms with Crippen molar-refractivity contribution in [1.29, 1.82) is 0 Å². The SMILES string of the molecule is COc1c(C(=O)N[C@H]2CCOc3ccccc32)sc2c(-c3cc(Cl)cc(Cl)c3)cccc12. The van der Waals surface area contributed by atoms with Crippen molar-refractivity contribution in [2.75, 3.05) is 13.7 Å². The Morgan fingerprint density at radius 1 is 1.09 bits per heavy atom. The van der Waals surface area contributed by atoms with Gasteiger partial charge in [-0.15, -0.1) is 11.3 Å². The first kappa shape index (κ1) is 21.1. The highest BCUT2D eigenvalue weighted by Crippen LogP contribution is 2.44. The zero-order valence-corrected chi connectivity index (χ0v) is 19.5. The van der Waals surface area contributed by atoms with E-state index in [-0.39, 0.29) is 11.9 Å². The molecule has 0 aliphatic carbocycles. The van der Waals surface area contributed by atoms with Crippen LogP contribution in [0.25, 0.3) is 21.2 Å². The molecule has 4 nitrogen and oxygen atoms in total. The summed E-state index contributed by atoms with van der Waals surface area (Å²) in [4.78, 5) is 13.9. The number of hydrogen-bond donors (Lipinski definition) is 1. The third-order valence-corrected chi connectivity index (χ3v) is 7.17. The van der Waals surface area contributed by atoms with E-state index in [0.717, 1.165) is 32.5 Å². The lowest BCUT2D eigenvalue weighted by molar-refractivity contribution is 0.0926. The van der Waals surface area contributed by atoms with Crippen LogP contribution in [-0.4, -0.2) is 19.6 Å². The highest BCUT2D eigenvalue weighted by Gasteiger charge is 2.27. The lowest BCUT2D eigenvalue weighted by Crippen LogP contribution is -2.31. The van der Waals surface area contributed by atoms with Gasteiger partial charge in [0, 0.05) is 32.1 Å². The second-order valence-corrected chi connectivity index (χ2v) is 9.40. The summed E-state index contributed by atoms with van der Waals surface area (Å²) in [6, 6.07) is 19.0. The first-order valence-corrected chi connectivity index (χ1v) is 11.7. The van der Waals surface area contributed by atoms with Crippen molar-refractivity contribution in [1.82, 2.24) is 5.32 Å². The van der Waals surface area contributed by atoms with Crippen molar-refractivity contribution >= 4 is 50.5 Å². The summed E-state index contributed by atoms with van der Waals surface area (Å²) in [6.07, 6.45) is 0.711. The van der Waals surface area contributed by atoms with Crippen molar-refractivity contribution < 1.29 is 14.3 Å². The van der Waals surface area contributed by atoms with E-state index in [4.69, 9.17) is 32.7 Å². The van der Waals surface area contributed by atoms with Gasteiger partial charge in [0.1, 0.15) is 16.4 Å². The Balaban J connectivity index is 1.56. The fourth-order valence-corrected chi connectivity index (χ4v) is 5.84. The quantitative estimate of drug-likeness (QED) is 0.335. The van der Waals surface area contributed by atoms with Crippen LogP contribution in [0.5, 0.6) is 11.5 Å². The number of rotatable bonds is 4. The third-order valence-electron chi connectivity index (χ3n) is 5.52. The fourth-order valence-electron chi connectivity index (χ4n) is 4.10. The summed E-state index contributed by atoms with van der Waals surface area (Å²) in [5, 5.41) is 5.17. The second-order valence-electron chi connectivity index (χ2n) is 7.51. The van der Waals surface area contributed by atoms with E-state index in [2.05, 4.69) is 5.32 Å². The number of hydrogen-bond acceptors (Lipinski definition) is 4. The van der Waals surface area contributed by atoms with Crippen LogP contribution >= 0.6 is 34.5 Å². The molecule has 32 heavy (non-hydrogen) atoms. The first-order chi connectivity index (χ1) is 15.5. The molecular weight excluding hydrogens is 465 g/mol. The summed E-state index contributed by atoms with van der Waals surface area (Å²) in [5.74, 6) is 1.21. The molecule has 0 unspecified atom stereocenters. The van der Waals surface area contributed by atoms with E-state index in [1.807, 2.05) is 54.6 Å². The van der Waals surface area contributed by atoms with Gasteiger partial charge in [-0.2, -0.15) is 0 Å². The molecule has 1 N–H and O–H groups in total. The highest BCUT2D eigenvalue weighted by molar-refractivity contribution is 7.21. The molecule has 1 aromatic heterocycles. The van der Waals surface area contributed by atoms with Gasteiger partial charge < -0.3 is 14.8 Å². The van der Waals surface area contributed by atoms with Crippen molar-refractivity contribution in [2.24, 2.45) is 0 Å². The number of carbonyl (C=O) groups excluding carboxylic acids is 1. The average molecular weight is 484 g/mol. The maximum Gasteiger partial charge on any atom is 0.265 e. The number of amides is 1. The normalized spacial score (nSPS) is 15.2. The molecule has 5 rings (SSSR count). The van der Waals surface area contributed by atoms with Crippen LogP contribution in [0.1, 0.15) is 27.7 Å². The average Bonchev–Trinajstić information content (AvgIpc) is 3.17. The lowest BCUT2D eigenvalue weighted by Gasteiger charge is -2.26. The van der Waals surface area contributed by atoms with Gasteiger partial charge >= 0.3 is 0 Å². The number of halogens is 2. The number of methoxy groups -OCH3 is 1. The topological polar surface area (TPSA) is 47.6 Å². The molecule has 0 spiro atoms. The fraction of sp³-hybridized carbons (Fsp3) is 0.160. The van der Waals surface area contributed by atoms with E-state index in [0.29, 0.717) is 33.7 Å². The number of nitrogens with one attached hydrogen (secondary N) is 1. The Hall–Kier alpha value is -2.73. The number of fused-ring (bicyclic) bond motifs is 2. The number of benzene rings is 3. The van der Waals surface area contributed by atoms with Crippen LogP contribution in [0.4, 0.5) is 0 Å². The zero-order valence-electron chi connectivity index (χ0n) is 17.2. The zero-order chi connectivity index (χ0) is 22.2. The summed E-state index contributed by atoms with van der Waals surface area (Å²) >= 11 is 13.9. The summed E-state index contributed by atoms with van der Waals surface area (Å²) in [6.45, 7) is 0.561. The molecule has 0 bridgehead atoms. The van der Waals surface area contributed by atoms with Gasteiger partial charge in [-0.05, 0) is 41.5 Å². The van der Waals surface area contributed by atoms with Gasteiger partial charge in [0.15, 0.2) is 0 Å². The minimum absolute atomic E-state index is 0.117. The van der Waals surface area contributed by atoms with Crippen LogP contribution < -0.4 is 14.8 Å². The third kappa shape index (κ3) is 3.81. The summed E-state index contributed by atoms with van der Waals surface area (Å²) in [5.41, 5.74) is 2.83. The van der Waals surface area contributed by atoms with Gasteiger partial charge in [-0.1, -0.05) is 53.5 Å². The largest absolute Gasteiger partial charge is 0.494 e. The van der Waals surface area contributed by atoms with Gasteiger partial charge in [0.05, 0.1) is 19.8 Å². The smallest absolute Gasteiger partial charge is 0.265 e. The van der Waals surface area contributed by atoms with Crippen molar-refractivity contribution in [3.8, 4) is 22.6 Å². The molecule has 1 amide bonds. The molecule has 0 fully saturated rings. The van der Waals surface area contributed by atoms with E-state index >= 15 is 0 Å². The molecule has 0 saturated heterocycles. The molecule has 0 saturated carbocycles. The van der Waals surface area contributed by atoms with Crippen LogP contribution in [0.15, 0.2) is 60.7 Å². The van der Waals surface area contributed by atoms with Gasteiger partial charge in [0.25, 0.3) is 5.91 Å². The summed E-state index contributed by atoms with van der Waals surface area (Å²) in [7, 11) is 1.59. The molecule has 1 aliphatic heterocycles.